The number of hydrogen-bond donors (Lipinski definition) is 1. The molecule has 6 nitrogen and oxygen atoms in total. The lowest BCUT2D eigenvalue weighted by atomic mass is 9.86. The molecule has 1 heterocycles. The zero-order chi connectivity index (χ0) is 21.6. The molecular formula is C24H30N2O4. The van der Waals surface area contributed by atoms with E-state index in [0.29, 0.717) is 19.5 Å². The summed E-state index contributed by atoms with van der Waals surface area (Å²) >= 11 is 0. The van der Waals surface area contributed by atoms with Gasteiger partial charge in [0.1, 0.15) is 12.2 Å². The van der Waals surface area contributed by atoms with Crippen molar-refractivity contribution in [1.82, 2.24) is 10.2 Å². The number of carbonyl (C=O) groups is 2. The molecule has 2 aromatic carbocycles. The van der Waals surface area contributed by atoms with Crippen molar-refractivity contribution in [3.8, 4) is 0 Å². The van der Waals surface area contributed by atoms with Crippen LogP contribution in [0.3, 0.4) is 0 Å². The molecular weight excluding hydrogens is 380 g/mol. The minimum absolute atomic E-state index is 0.0447. The van der Waals surface area contributed by atoms with E-state index in [4.69, 9.17) is 9.47 Å². The molecule has 0 aliphatic carbocycles. The molecule has 0 spiro atoms. The molecule has 160 valence electrons. The monoisotopic (exact) mass is 410 g/mol. The second-order valence-corrected chi connectivity index (χ2v) is 8.54. The number of amides is 2. The van der Waals surface area contributed by atoms with E-state index in [1.54, 1.807) is 4.90 Å². The van der Waals surface area contributed by atoms with E-state index in [2.05, 4.69) is 5.32 Å². The predicted molar refractivity (Wildman–Crippen MR) is 115 cm³/mol. The zero-order valence-electron chi connectivity index (χ0n) is 17.8. The van der Waals surface area contributed by atoms with Crippen molar-refractivity contribution in [3.63, 3.8) is 0 Å². The van der Waals surface area contributed by atoms with Gasteiger partial charge in [-0.25, -0.2) is 9.59 Å². The van der Waals surface area contributed by atoms with Crippen molar-refractivity contribution >= 4 is 12.2 Å². The maximum absolute atomic E-state index is 12.6. The van der Waals surface area contributed by atoms with Gasteiger partial charge in [0.15, 0.2) is 0 Å². The molecule has 0 unspecified atom stereocenters. The molecule has 1 aliphatic rings. The van der Waals surface area contributed by atoms with Gasteiger partial charge in [0.2, 0.25) is 0 Å². The lowest BCUT2D eigenvalue weighted by molar-refractivity contribution is 0.0175. The minimum Gasteiger partial charge on any atom is -0.445 e. The lowest BCUT2D eigenvalue weighted by Crippen LogP contribution is -2.52. The summed E-state index contributed by atoms with van der Waals surface area (Å²) in [7, 11) is 0. The van der Waals surface area contributed by atoms with E-state index < -0.39 is 11.7 Å². The standard InChI is InChI=1S/C24H30N2O4/c1-24(2,3)30-23(28)26-15-14-21(20(16-26)19-12-8-5-9-13-19)25-22(27)29-17-18-10-6-4-7-11-18/h4-13,20-21H,14-17H2,1-3H3,(H,25,27)/t20-,21+/m1/s1. The van der Waals surface area contributed by atoms with Crippen LogP contribution in [0.5, 0.6) is 0 Å². The van der Waals surface area contributed by atoms with E-state index in [9.17, 15) is 9.59 Å². The van der Waals surface area contributed by atoms with E-state index in [1.807, 2.05) is 81.4 Å². The van der Waals surface area contributed by atoms with Crippen molar-refractivity contribution in [1.29, 1.82) is 0 Å². The van der Waals surface area contributed by atoms with Crippen LogP contribution in [-0.4, -0.2) is 41.8 Å². The summed E-state index contributed by atoms with van der Waals surface area (Å²) in [5.41, 5.74) is 1.46. The molecule has 3 rings (SSSR count). The first-order chi connectivity index (χ1) is 14.3. The molecule has 1 aliphatic heterocycles. The Morgan fingerprint density at radius 3 is 2.30 bits per heavy atom. The Kier molecular flexibility index (Phi) is 6.98. The van der Waals surface area contributed by atoms with E-state index in [-0.39, 0.29) is 24.7 Å². The molecule has 6 heteroatoms. The second-order valence-electron chi connectivity index (χ2n) is 8.54. The SMILES string of the molecule is CC(C)(C)OC(=O)N1CC[C@H](NC(=O)OCc2ccccc2)[C@@H](c2ccccc2)C1. The number of ether oxygens (including phenoxy) is 2. The molecule has 1 N–H and O–H groups in total. The number of piperidine rings is 1. The maximum Gasteiger partial charge on any atom is 0.410 e. The fraction of sp³-hybridized carbons (Fsp3) is 0.417. The van der Waals surface area contributed by atoms with Crippen LogP contribution in [0.2, 0.25) is 0 Å². The summed E-state index contributed by atoms with van der Waals surface area (Å²) in [6, 6.07) is 19.4. The smallest absolute Gasteiger partial charge is 0.410 e. The number of likely N-dealkylation sites (tertiary alicyclic amines) is 1. The van der Waals surface area contributed by atoms with Gasteiger partial charge in [-0.15, -0.1) is 0 Å². The summed E-state index contributed by atoms with van der Waals surface area (Å²) in [6.07, 6.45) is -0.150. The normalized spacial score (nSPS) is 19.1. The highest BCUT2D eigenvalue weighted by molar-refractivity contribution is 5.69. The average Bonchev–Trinajstić information content (AvgIpc) is 2.72. The summed E-state index contributed by atoms with van der Waals surface area (Å²) < 4.78 is 10.9. The molecule has 1 fully saturated rings. The van der Waals surface area contributed by atoms with E-state index in [0.717, 1.165) is 11.1 Å². The lowest BCUT2D eigenvalue weighted by Gasteiger charge is -2.39. The van der Waals surface area contributed by atoms with Gasteiger partial charge in [-0.05, 0) is 38.3 Å². The topological polar surface area (TPSA) is 67.9 Å². The Morgan fingerprint density at radius 2 is 1.67 bits per heavy atom. The van der Waals surface area contributed by atoms with Crippen LogP contribution in [0.1, 0.15) is 44.2 Å². The van der Waals surface area contributed by atoms with Crippen molar-refractivity contribution in [2.75, 3.05) is 13.1 Å². The molecule has 2 amide bonds. The van der Waals surface area contributed by atoms with Crippen LogP contribution >= 0.6 is 0 Å². The highest BCUT2D eigenvalue weighted by Crippen LogP contribution is 2.28. The van der Waals surface area contributed by atoms with Gasteiger partial charge in [0, 0.05) is 25.0 Å². The third-order valence-corrected chi connectivity index (χ3v) is 5.01. The first kappa shape index (κ1) is 21.7. The molecule has 1 saturated heterocycles. The Morgan fingerprint density at radius 1 is 1.03 bits per heavy atom. The number of hydrogen-bond acceptors (Lipinski definition) is 4. The summed E-state index contributed by atoms with van der Waals surface area (Å²) in [6.45, 7) is 6.79. The Balaban J connectivity index is 1.65. The molecule has 0 aromatic heterocycles. The number of benzene rings is 2. The Bertz CT molecular complexity index is 833. The van der Waals surface area contributed by atoms with Crippen LogP contribution in [0.4, 0.5) is 9.59 Å². The van der Waals surface area contributed by atoms with Gasteiger partial charge < -0.3 is 19.7 Å². The Hall–Kier alpha value is -3.02. The van der Waals surface area contributed by atoms with Crippen LogP contribution in [0.25, 0.3) is 0 Å². The average molecular weight is 411 g/mol. The van der Waals surface area contributed by atoms with Gasteiger partial charge in [0.25, 0.3) is 0 Å². The molecule has 2 aromatic rings. The minimum atomic E-state index is -0.546. The summed E-state index contributed by atoms with van der Waals surface area (Å²) in [4.78, 5) is 26.7. The molecule has 0 bridgehead atoms. The summed E-state index contributed by atoms with van der Waals surface area (Å²) in [5, 5.41) is 3.01. The number of rotatable bonds is 4. The van der Waals surface area contributed by atoms with Crippen LogP contribution in [-0.2, 0) is 16.1 Å². The number of alkyl carbamates (subject to hydrolysis) is 1. The van der Waals surface area contributed by atoms with Gasteiger partial charge in [-0.1, -0.05) is 60.7 Å². The van der Waals surface area contributed by atoms with Crippen molar-refractivity contribution in [2.24, 2.45) is 0 Å². The highest BCUT2D eigenvalue weighted by Gasteiger charge is 2.35. The molecule has 0 radical (unpaired) electrons. The van der Waals surface area contributed by atoms with E-state index >= 15 is 0 Å². The fourth-order valence-corrected chi connectivity index (χ4v) is 3.57. The largest absolute Gasteiger partial charge is 0.445 e. The van der Waals surface area contributed by atoms with Crippen LogP contribution in [0, 0.1) is 0 Å². The fourth-order valence-electron chi connectivity index (χ4n) is 3.57. The molecule has 0 saturated carbocycles. The number of carbonyl (C=O) groups excluding carboxylic acids is 2. The number of nitrogens with one attached hydrogen (secondary N) is 1. The summed E-state index contributed by atoms with van der Waals surface area (Å²) in [5.74, 6) is -0.0447. The van der Waals surface area contributed by atoms with E-state index in [1.165, 1.54) is 0 Å². The second kappa shape index (κ2) is 9.65. The highest BCUT2D eigenvalue weighted by atomic mass is 16.6. The molecule has 2 atom stereocenters. The maximum atomic E-state index is 12.6. The zero-order valence-corrected chi connectivity index (χ0v) is 17.8. The van der Waals surface area contributed by atoms with Gasteiger partial charge in [-0.3, -0.25) is 0 Å². The predicted octanol–water partition coefficient (Wildman–Crippen LogP) is 4.71. The quantitative estimate of drug-likeness (QED) is 0.793. The van der Waals surface area contributed by atoms with Crippen molar-refractivity contribution in [2.45, 2.75) is 51.4 Å². The van der Waals surface area contributed by atoms with Crippen LogP contribution < -0.4 is 5.32 Å². The van der Waals surface area contributed by atoms with Gasteiger partial charge in [0.05, 0.1) is 0 Å². The third-order valence-electron chi connectivity index (χ3n) is 5.01. The van der Waals surface area contributed by atoms with Crippen molar-refractivity contribution in [3.05, 3.63) is 71.8 Å². The van der Waals surface area contributed by atoms with Gasteiger partial charge in [-0.2, -0.15) is 0 Å². The molecule has 30 heavy (non-hydrogen) atoms. The van der Waals surface area contributed by atoms with Crippen molar-refractivity contribution < 1.29 is 19.1 Å². The third kappa shape index (κ3) is 6.24. The van der Waals surface area contributed by atoms with Crippen LogP contribution in [0.15, 0.2) is 60.7 Å². The van der Waals surface area contributed by atoms with Gasteiger partial charge >= 0.3 is 12.2 Å². The Labute approximate surface area is 178 Å². The number of nitrogens with zero attached hydrogens (tertiary/aromatic N) is 1. The first-order valence-electron chi connectivity index (χ1n) is 10.3. The first-order valence-corrected chi connectivity index (χ1v) is 10.3.